The van der Waals surface area contributed by atoms with Crippen LogP contribution in [0, 0.1) is 0 Å². The predicted octanol–water partition coefficient (Wildman–Crippen LogP) is 3.89. The Labute approximate surface area is 102 Å². The molecule has 1 atom stereocenters. The molecule has 0 fully saturated rings. The Hall–Kier alpha value is -0.810. The standard InChI is InChI=1S/C11H12ClF4N/c1-2-17-9(11(15,16)10(13)14)7-3-5-8(12)6-4-7/h3-6,9-10,17H,2H2,1H3. The molecule has 0 aliphatic carbocycles. The Morgan fingerprint density at radius 3 is 2.18 bits per heavy atom. The summed E-state index contributed by atoms with van der Waals surface area (Å²) in [7, 11) is 0. The van der Waals surface area contributed by atoms with Gasteiger partial charge < -0.3 is 5.32 Å². The number of hydrogen-bond acceptors (Lipinski definition) is 1. The van der Waals surface area contributed by atoms with Crippen molar-refractivity contribution in [2.75, 3.05) is 6.54 Å². The van der Waals surface area contributed by atoms with Gasteiger partial charge in [-0.2, -0.15) is 8.78 Å². The van der Waals surface area contributed by atoms with Crippen molar-refractivity contribution in [3.05, 3.63) is 34.9 Å². The largest absolute Gasteiger partial charge is 0.326 e. The summed E-state index contributed by atoms with van der Waals surface area (Å²) in [6, 6.07) is 3.69. The van der Waals surface area contributed by atoms with E-state index in [1.807, 2.05) is 0 Å². The molecule has 0 saturated carbocycles. The third kappa shape index (κ3) is 3.33. The summed E-state index contributed by atoms with van der Waals surface area (Å²) in [5.74, 6) is -4.12. The van der Waals surface area contributed by atoms with Gasteiger partial charge >= 0.3 is 12.3 Å². The molecule has 1 aromatic rings. The van der Waals surface area contributed by atoms with E-state index in [1.165, 1.54) is 24.3 Å². The highest BCUT2D eigenvalue weighted by atomic mass is 35.5. The summed E-state index contributed by atoms with van der Waals surface area (Å²) in [5.41, 5.74) is 0.0848. The zero-order valence-corrected chi connectivity index (χ0v) is 9.82. The normalized spacial score (nSPS) is 14.1. The van der Waals surface area contributed by atoms with Gasteiger partial charge in [-0.15, -0.1) is 0 Å². The van der Waals surface area contributed by atoms with Gasteiger partial charge in [0.05, 0.1) is 0 Å². The van der Waals surface area contributed by atoms with E-state index in [9.17, 15) is 17.6 Å². The van der Waals surface area contributed by atoms with Gasteiger partial charge in [0.25, 0.3) is 0 Å². The second kappa shape index (κ2) is 5.69. The average molecular weight is 270 g/mol. The van der Waals surface area contributed by atoms with E-state index in [4.69, 9.17) is 11.6 Å². The summed E-state index contributed by atoms with van der Waals surface area (Å²) in [6.45, 7) is 1.74. The number of rotatable bonds is 5. The summed E-state index contributed by atoms with van der Waals surface area (Å²) in [6.07, 6.45) is -3.72. The first-order chi connectivity index (χ1) is 7.89. The fourth-order valence-electron chi connectivity index (χ4n) is 1.46. The van der Waals surface area contributed by atoms with Gasteiger partial charge in [-0.25, -0.2) is 8.78 Å². The van der Waals surface area contributed by atoms with Gasteiger partial charge in [-0.1, -0.05) is 30.7 Å². The van der Waals surface area contributed by atoms with Crippen LogP contribution in [0.4, 0.5) is 17.6 Å². The van der Waals surface area contributed by atoms with Crippen molar-refractivity contribution in [2.45, 2.75) is 25.3 Å². The fourth-order valence-corrected chi connectivity index (χ4v) is 1.59. The average Bonchev–Trinajstić information content (AvgIpc) is 2.27. The number of benzene rings is 1. The van der Waals surface area contributed by atoms with Crippen LogP contribution in [0.3, 0.4) is 0 Å². The summed E-state index contributed by atoms with van der Waals surface area (Å²) in [5, 5.41) is 2.73. The van der Waals surface area contributed by atoms with Gasteiger partial charge in [0, 0.05) is 5.02 Å². The van der Waals surface area contributed by atoms with E-state index >= 15 is 0 Å². The molecule has 1 unspecified atom stereocenters. The highest BCUT2D eigenvalue weighted by molar-refractivity contribution is 6.30. The lowest BCUT2D eigenvalue weighted by atomic mass is 10.0. The molecule has 0 spiro atoms. The predicted molar refractivity (Wildman–Crippen MR) is 58.8 cm³/mol. The maximum absolute atomic E-state index is 13.3. The van der Waals surface area contributed by atoms with Crippen LogP contribution in [0.2, 0.25) is 5.02 Å². The van der Waals surface area contributed by atoms with E-state index in [2.05, 4.69) is 5.32 Å². The number of halogens is 5. The second-order valence-corrected chi connectivity index (χ2v) is 3.95. The van der Waals surface area contributed by atoms with Crippen LogP contribution in [-0.2, 0) is 0 Å². The van der Waals surface area contributed by atoms with Crippen LogP contribution >= 0.6 is 11.6 Å². The van der Waals surface area contributed by atoms with Crippen LogP contribution in [-0.4, -0.2) is 18.9 Å². The minimum Gasteiger partial charge on any atom is -0.305 e. The van der Waals surface area contributed by atoms with Gasteiger partial charge in [0.1, 0.15) is 6.04 Å². The molecule has 0 aliphatic heterocycles. The van der Waals surface area contributed by atoms with E-state index in [0.29, 0.717) is 5.02 Å². The van der Waals surface area contributed by atoms with Crippen molar-refractivity contribution in [2.24, 2.45) is 0 Å². The summed E-state index contributed by atoms with van der Waals surface area (Å²) in [4.78, 5) is 0. The van der Waals surface area contributed by atoms with Crippen LogP contribution in [0.5, 0.6) is 0 Å². The number of alkyl halides is 4. The lowest BCUT2D eigenvalue weighted by molar-refractivity contribution is -0.151. The van der Waals surface area contributed by atoms with E-state index < -0.39 is 18.4 Å². The Kier molecular flexibility index (Phi) is 4.77. The molecule has 1 N–H and O–H groups in total. The summed E-state index contributed by atoms with van der Waals surface area (Å²) >= 11 is 5.61. The lowest BCUT2D eigenvalue weighted by Crippen LogP contribution is -2.42. The van der Waals surface area contributed by atoms with Crippen LogP contribution in [0.25, 0.3) is 0 Å². The van der Waals surface area contributed by atoms with Crippen LogP contribution in [0.1, 0.15) is 18.5 Å². The SMILES string of the molecule is CCNC(c1ccc(Cl)cc1)C(F)(F)C(F)F. The molecule has 96 valence electrons. The van der Waals surface area contributed by atoms with Crippen molar-refractivity contribution in [1.82, 2.24) is 5.32 Å². The fraction of sp³-hybridized carbons (Fsp3) is 0.455. The molecule has 6 heteroatoms. The van der Waals surface area contributed by atoms with Gasteiger partial charge in [-0.05, 0) is 24.2 Å². The highest BCUT2D eigenvalue weighted by Gasteiger charge is 2.49. The van der Waals surface area contributed by atoms with Crippen molar-refractivity contribution < 1.29 is 17.6 Å². The minimum atomic E-state index is -4.12. The monoisotopic (exact) mass is 269 g/mol. The van der Waals surface area contributed by atoms with E-state index in [1.54, 1.807) is 6.92 Å². The Morgan fingerprint density at radius 1 is 1.24 bits per heavy atom. The van der Waals surface area contributed by atoms with Crippen molar-refractivity contribution in [1.29, 1.82) is 0 Å². The van der Waals surface area contributed by atoms with Crippen molar-refractivity contribution >= 4 is 11.6 Å². The molecular formula is C11H12ClF4N. The molecule has 0 aliphatic rings. The molecule has 0 heterocycles. The molecule has 17 heavy (non-hydrogen) atoms. The molecular weight excluding hydrogens is 258 g/mol. The zero-order valence-electron chi connectivity index (χ0n) is 9.06. The molecule has 0 aromatic heterocycles. The quantitative estimate of drug-likeness (QED) is 0.800. The van der Waals surface area contributed by atoms with E-state index in [0.717, 1.165) is 0 Å². The molecule has 1 rings (SSSR count). The molecule has 0 amide bonds. The van der Waals surface area contributed by atoms with Crippen molar-refractivity contribution in [3.8, 4) is 0 Å². The second-order valence-electron chi connectivity index (χ2n) is 3.52. The third-order valence-electron chi connectivity index (χ3n) is 2.29. The van der Waals surface area contributed by atoms with Gasteiger partial charge in [0.15, 0.2) is 0 Å². The lowest BCUT2D eigenvalue weighted by Gasteiger charge is -2.27. The molecule has 0 bridgehead atoms. The zero-order chi connectivity index (χ0) is 13.1. The van der Waals surface area contributed by atoms with Crippen LogP contribution in [0.15, 0.2) is 24.3 Å². The highest BCUT2D eigenvalue weighted by Crippen LogP contribution is 2.36. The molecule has 1 aromatic carbocycles. The van der Waals surface area contributed by atoms with Crippen molar-refractivity contribution in [3.63, 3.8) is 0 Å². The first kappa shape index (κ1) is 14.3. The summed E-state index contributed by atoms with van der Waals surface area (Å²) < 4.78 is 51.3. The Bertz CT molecular complexity index is 353. The van der Waals surface area contributed by atoms with Crippen LogP contribution < -0.4 is 5.32 Å². The topological polar surface area (TPSA) is 12.0 Å². The third-order valence-corrected chi connectivity index (χ3v) is 2.54. The first-order valence-corrected chi connectivity index (χ1v) is 5.42. The minimum absolute atomic E-state index is 0.0848. The van der Waals surface area contributed by atoms with E-state index in [-0.39, 0.29) is 12.1 Å². The Morgan fingerprint density at radius 2 is 1.76 bits per heavy atom. The van der Waals surface area contributed by atoms with Gasteiger partial charge in [0.2, 0.25) is 0 Å². The van der Waals surface area contributed by atoms with Gasteiger partial charge in [-0.3, -0.25) is 0 Å². The molecule has 0 radical (unpaired) electrons. The smallest absolute Gasteiger partial charge is 0.305 e. The first-order valence-electron chi connectivity index (χ1n) is 5.04. The molecule has 0 saturated heterocycles. The maximum Gasteiger partial charge on any atom is 0.326 e. The molecule has 1 nitrogen and oxygen atoms in total. The number of nitrogens with one attached hydrogen (secondary N) is 1. The maximum atomic E-state index is 13.3. The number of hydrogen-bond donors (Lipinski definition) is 1. The Balaban J connectivity index is 3.04.